The standard InChI is InChI=1S/C15H21NO/c1-4-5-9-14(12-16(2)3)15(17)13-10-7-6-8-11-13/h6-8,10-12H,4-5,9H2,1-3H3/b14-12+. The Kier molecular flexibility index (Phi) is 5.47. The van der Waals surface area contributed by atoms with Crippen LogP contribution in [0.4, 0.5) is 0 Å². The van der Waals surface area contributed by atoms with Crippen molar-refractivity contribution in [3.63, 3.8) is 0 Å². The Morgan fingerprint density at radius 2 is 1.88 bits per heavy atom. The quantitative estimate of drug-likeness (QED) is 0.551. The molecule has 0 aliphatic carbocycles. The van der Waals surface area contributed by atoms with E-state index in [1.165, 1.54) is 0 Å². The van der Waals surface area contributed by atoms with E-state index in [9.17, 15) is 4.79 Å². The number of nitrogens with zero attached hydrogens (tertiary/aromatic N) is 1. The Hall–Kier alpha value is -1.57. The van der Waals surface area contributed by atoms with Gasteiger partial charge >= 0.3 is 0 Å². The van der Waals surface area contributed by atoms with Gasteiger partial charge in [0.05, 0.1) is 0 Å². The number of carbonyl (C=O) groups is 1. The molecule has 1 rings (SSSR count). The molecule has 0 aromatic heterocycles. The fourth-order valence-electron chi connectivity index (χ4n) is 1.69. The van der Waals surface area contributed by atoms with Gasteiger partial charge in [0.25, 0.3) is 0 Å². The molecular formula is C15H21NO. The van der Waals surface area contributed by atoms with Crippen molar-refractivity contribution >= 4 is 5.78 Å². The van der Waals surface area contributed by atoms with Gasteiger partial charge < -0.3 is 4.90 Å². The molecule has 0 fully saturated rings. The molecule has 2 heteroatoms. The zero-order chi connectivity index (χ0) is 12.7. The molecule has 0 heterocycles. The number of ketones is 1. The third kappa shape index (κ3) is 4.43. The number of hydrogen-bond donors (Lipinski definition) is 0. The van der Waals surface area contributed by atoms with Gasteiger partial charge in [-0.05, 0) is 12.8 Å². The van der Waals surface area contributed by atoms with E-state index >= 15 is 0 Å². The van der Waals surface area contributed by atoms with Gasteiger partial charge in [0, 0.05) is 31.4 Å². The van der Waals surface area contributed by atoms with Crippen LogP contribution >= 0.6 is 0 Å². The van der Waals surface area contributed by atoms with Gasteiger partial charge in [0.15, 0.2) is 5.78 Å². The second kappa shape index (κ2) is 6.89. The molecule has 0 atom stereocenters. The summed E-state index contributed by atoms with van der Waals surface area (Å²) >= 11 is 0. The molecule has 1 aromatic rings. The summed E-state index contributed by atoms with van der Waals surface area (Å²) < 4.78 is 0. The Balaban J connectivity index is 2.87. The van der Waals surface area contributed by atoms with E-state index < -0.39 is 0 Å². The fourth-order valence-corrected chi connectivity index (χ4v) is 1.69. The summed E-state index contributed by atoms with van der Waals surface area (Å²) in [5.41, 5.74) is 1.67. The number of hydrogen-bond acceptors (Lipinski definition) is 2. The van der Waals surface area contributed by atoms with Gasteiger partial charge in [-0.2, -0.15) is 0 Å². The van der Waals surface area contributed by atoms with E-state index in [4.69, 9.17) is 0 Å². The normalized spacial score (nSPS) is 11.4. The van der Waals surface area contributed by atoms with Crippen molar-refractivity contribution in [3.8, 4) is 0 Å². The monoisotopic (exact) mass is 231 g/mol. The lowest BCUT2D eigenvalue weighted by atomic mass is 9.99. The Morgan fingerprint density at radius 1 is 1.24 bits per heavy atom. The van der Waals surface area contributed by atoms with Crippen LogP contribution in [0.15, 0.2) is 42.1 Å². The van der Waals surface area contributed by atoms with Gasteiger partial charge in [-0.3, -0.25) is 4.79 Å². The number of carbonyl (C=O) groups excluding carboxylic acids is 1. The van der Waals surface area contributed by atoms with Crippen molar-refractivity contribution in [1.29, 1.82) is 0 Å². The van der Waals surface area contributed by atoms with E-state index in [0.29, 0.717) is 0 Å². The summed E-state index contributed by atoms with van der Waals surface area (Å²) in [4.78, 5) is 14.2. The molecule has 0 saturated heterocycles. The predicted octanol–water partition coefficient (Wildman–Crippen LogP) is 3.51. The minimum absolute atomic E-state index is 0.146. The number of Topliss-reactive ketones (excluding diaryl/α,β-unsaturated/α-hetero) is 1. The number of allylic oxidation sites excluding steroid dienone is 1. The maximum atomic E-state index is 12.3. The molecule has 0 aliphatic heterocycles. The molecule has 0 bridgehead atoms. The van der Waals surface area contributed by atoms with Gasteiger partial charge in [-0.15, -0.1) is 0 Å². The first-order chi connectivity index (χ1) is 8.15. The predicted molar refractivity (Wildman–Crippen MR) is 72.1 cm³/mol. The highest BCUT2D eigenvalue weighted by Gasteiger charge is 2.11. The Bertz CT molecular complexity index is 379. The van der Waals surface area contributed by atoms with E-state index in [-0.39, 0.29) is 5.78 Å². The van der Waals surface area contributed by atoms with Crippen LogP contribution in [0.3, 0.4) is 0 Å². The molecule has 0 radical (unpaired) electrons. The minimum Gasteiger partial charge on any atom is -0.383 e. The van der Waals surface area contributed by atoms with E-state index in [1.54, 1.807) is 0 Å². The minimum atomic E-state index is 0.146. The van der Waals surface area contributed by atoms with Crippen LogP contribution in [0.5, 0.6) is 0 Å². The Morgan fingerprint density at radius 3 is 2.41 bits per heavy atom. The molecule has 0 aliphatic rings. The molecule has 2 nitrogen and oxygen atoms in total. The lowest BCUT2D eigenvalue weighted by Gasteiger charge is -2.11. The molecule has 0 saturated carbocycles. The largest absolute Gasteiger partial charge is 0.383 e. The van der Waals surface area contributed by atoms with Crippen LogP contribution in [0, 0.1) is 0 Å². The zero-order valence-corrected chi connectivity index (χ0v) is 10.9. The number of rotatable bonds is 6. The number of unbranched alkanes of at least 4 members (excludes halogenated alkanes) is 1. The average Bonchev–Trinajstić information content (AvgIpc) is 2.34. The highest BCUT2D eigenvalue weighted by molar-refractivity contribution is 6.08. The van der Waals surface area contributed by atoms with Crippen molar-refractivity contribution in [2.75, 3.05) is 14.1 Å². The summed E-state index contributed by atoms with van der Waals surface area (Å²) in [7, 11) is 3.90. The lowest BCUT2D eigenvalue weighted by molar-refractivity contribution is 0.102. The first-order valence-corrected chi connectivity index (χ1v) is 6.12. The van der Waals surface area contributed by atoms with Gasteiger partial charge in [0.2, 0.25) is 0 Å². The summed E-state index contributed by atoms with van der Waals surface area (Å²) in [6, 6.07) is 9.48. The second-order valence-electron chi connectivity index (χ2n) is 4.42. The van der Waals surface area contributed by atoms with Crippen molar-refractivity contribution in [3.05, 3.63) is 47.7 Å². The van der Waals surface area contributed by atoms with Crippen molar-refractivity contribution in [1.82, 2.24) is 4.90 Å². The summed E-state index contributed by atoms with van der Waals surface area (Å²) in [6.45, 7) is 2.14. The molecular weight excluding hydrogens is 210 g/mol. The maximum absolute atomic E-state index is 12.3. The molecule has 17 heavy (non-hydrogen) atoms. The molecule has 0 unspecified atom stereocenters. The third-order valence-corrected chi connectivity index (χ3v) is 2.54. The number of benzene rings is 1. The molecule has 0 N–H and O–H groups in total. The second-order valence-corrected chi connectivity index (χ2v) is 4.42. The van der Waals surface area contributed by atoms with Crippen LogP contribution in [0.2, 0.25) is 0 Å². The molecule has 0 amide bonds. The van der Waals surface area contributed by atoms with Crippen molar-refractivity contribution in [2.24, 2.45) is 0 Å². The van der Waals surface area contributed by atoms with Crippen LogP contribution in [0.25, 0.3) is 0 Å². The van der Waals surface area contributed by atoms with Crippen LogP contribution in [-0.4, -0.2) is 24.8 Å². The molecule has 92 valence electrons. The van der Waals surface area contributed by atoms with Crippen LogP contribution in [-0.2, 0) is 0 Å². The Labute approximate surface area is 104 Å². The molecule has 0 spiro atoms. The van der Waals surface area contributed by atoms with Crippen LogP contribution < -0.4 is 0 Å². The SMILES string of the molecule is CCCC/C(=C\N(C)C)C(=O)c1ccccc1. The topological polar surface area (TPSA) is 20.3 Å². The van der Waals surface area contributed by atoms with Gasteiger partial charge in [-0.25, -0.2) is 0 Å². The third-order valence-electron chi connectivity index (χ3n) is 2.54. The van der Waals surface area contributed by atoms with Crippen molar-refractivity contribution in [2.45, 2.75) is 26.2 Å². The fraction of sp³-hybridized carbons (Fsp3) is 0.400. The van der Waals surface area contributed by atoms with Gasteiger partial charge in [0.1, 0.15) is 0 Å². The summed E-state index contributed by atoms with van der Waals surface area (Å²) in [5.74, 6) is 0.146. The lowest BCUT2D eigenvalue weighted by Crippen LogP contribution is -2.10. The first kappa shape index (κ1) is 13.5. The van der Waals surface area contributed by atoms with E-state index in [1.807, 2.05) is 55.5 Å². The smallest absolute Gasteiger partial charge is 0.190 e. The zero-order valence-electron chi connectivity index (χ0n) is 10.9. The van der Waals surface area contributed by atoms with E-state index in [0.717, 1.165) is 30.4 Å². The average molecular weight is 231 g/mol. The highest BCUT2D eigenvalue weighted by atomic mass is 16.1. The van der Waals surface area contributed by atoms with Gasteiger partial charge in [-0.1, -0.05) is 43.7 Å². The van der Waals surface area contributed by atoms with Crippen molar-refractivity contribution < 1.29 is 4.79 Å². The maximum Gasteiger partial charge on any atom is 0.190 e. The summed E-state index contributed by atoms with van der Waals surface area (Å²) in [5, 5.41) is 0. The molecule has 1 aromatic carbocycles. The highest BCUT2D eigenvalue weighted by Crippen LogP contribution is 2.15. The van der Waals surface area contributed by atoms with E-state index in [2.05, 4.69) is 6.92 Å². The first-order valence-electron chi connectivity index (χ1n) is 6.12. The van der Waals surface area contributed by atoms with Crippen LogP contribution in [0.1, 0.15) is 36.5 Å². The summed E-state index contributed by atoms with van der Waals surface area (Å²) in [6.07, 6.45) is 4.94.